The van der Waals surface area contributed by atoms with Crippen molar-refractivity contribution in [2.45, 2.75) is 27.2 Å². The second kappa shape index (κ2) is 4.00. The minimum absolute atomic E-state index is 0.0346. The molecule has 0 N–H and O–H groups in total. The molecule has 0 aliphatic carbocycles. The summed E-state index contributed by atoms with van der Waals surface area (Å²) >= 11 is 0. The molecule has 3 nitrogen and oxygen atoms in total. The molecule has 0 unspecified atom stereocenters. The maximum Gasteiger partial charge on any atom is 0.227 e. The summed E-state index contributed by atoms with van der Waals surface area (Å²) in [7, 11) is 0. The Hall–Kier alpha value is -1.04. The van der Waals surface area contributed by atoms with Crippen molar-refractivity contribution in [3.63, 3.8) is 0 Å². The Balaban J connectivity index is 2.45. The van der Waals surface area contributed by atoms with Gasteiger partial charge in [-0.1, -0.05) is 20.8 Å². The monoisotopic (exact) mass is 193 g/mol. The van der Waals surface area contributed by atoms with Crippen LogP contribution in [0.4, 0.5) is 0 Å². The summed E-state index contributed by atoms with van der Waals surface area (Å²) < 4.78 is 0. The van der Waals surface area contributed by atoms with E-state index >= 15 is 0 Å². The maximum absolute atomic E-state index is 11.7. The molecule has 0 aromatic heterocycles. The van der Waals surface area contributed by atoms with Crippen LogP contribution in [0.3, 0.4) is 0 Å². The van der Waals surface area contributed by atoms with Crippen LogP contribution < -0.4 is 0 Å². The van der Waals surface area contributed by atoms with Gasteiger partial charge in [0.25, 0.3) is 0 Å². The van der Waals surface area contributed by atoms with E-state index in [1.165, 1.54) is 0 Å². The van der Waals surface area contributed by atoms with Crippen LogP contribution in [0.2, 0.25) is 0 Å². The van der Waals surface area contributed by atoms with E-state index in [4.69, 9.17) is 5.26 Å². The third-order valence-corrected chi connectivity index (χ3v) is 2.24. The standard InChI is InChI=1S/C11H17N2O/c1-11(2,3)6-10(14)13-5-4-9(7-12)8-13/h6,9H,4-5,8H2,1-3H3/t9-/m1/s1. The third-order valence-electron chi connectivity index (χ3n) is 2.24. The minimum Gasteiger partial charge on any atom is -0.341 e. The summed E-state index contributed by atoms with van der Waals surface area (Å²) in [5.41, 5.74) is -0.0815. The molecule has 1 rings (SSSR count). The van der Waals surface area contributed by atoms with Gasteiger partial charge in [-0.2, -0.15) is 5.26 Å². The SMILES string of the molecule is CC(C)(C)[CH]C(=O)N1CC[C@H](C#N)C1. The van der Waals surface area contributed by atoms with Crippen LogP contribution in [-0.4, -0.2) is 23.9 Å². The fraction of sp³-hybridized carbons (Fsp3) is 0.727. The molecule has 0 bridgehead atoms. The van der Waals surface area contributed by atoms with Gasteiger partial charge >= 0.3 is 0 Å². The van der Waals surface area contributed by atoms with Gasteiger partial charge in [0.15, 0.2) is 0 Å². The molecule has 1 radical (unpaired) electrons. The fourth-order valence-electron chi connectivity index (χ4n) is 1.53. The van der Waals surface area contributed by atoms with Crippen LogP contribution in [0.25, 0.3) is 0 Å². The van der Waals surface area contributed by atoms with Crippen LogP contribution in [-0.2, 0) is 4.79 Å². The molecule has 1 aliphatic heterocycles. The topological polar surface area (TPSA) is 44.1 Å². The highest BCUT2D eigenvalue weighted by molar-refractivity contribution is 5.85. The molecule has 1 atom stereocenters. The lowest BCUT2D eigenvalue weighted by Crippen LogP contribution is -2.32. The van der Waals surface area contributed by atoms with Crippen molar-refractivity contribution in [2.75, 3.05) is 13.1 Å². The Bertz CT molecular complexity index is 259. The smallest absolute Gasteiger partial charge is 0.227 e. The van der Waals surface area contributed by atoms with Crippen LogP contribution in [0.15, 0.2) is 0 Å². The van der Waals surface area contributed by atoms with E-state index in [2.05, 4.69) is 6.07 Å². The Morgan fingerprint density at radius 3 is 2.64 bits per heavy atom. The summed E-state index contributed by atoms with van der Waals surface area (Å²) in [5, 5.41) is 8.70. The van der Waals surface area contributed by atoms with Gasteiger partial charge in [-0.25, -0.2) is 0 Å². The number of carbonyl (C=O) groups is 1. The van der Waals surface area contributed by atoms with E-state index in [9.17, 15) is 4.79 Å². The molecular formula is C11H17N2O. The molecule has 3 heteroatoms. The van der Waals surface area contributed by atoms with Gasteiger partial charge in [0.05, 0.1) is 18.4 Å². The summed E-state index contributed by atoms with van der Waals surface area (Å²) in [4.78, 5) is 13.4. The number of amides is 1. The molecule has 14 heavy (non-hydrogen) atoms. The molecule has 1 saturated heterocycles. The molecule has 0 aromatic carbocycles. The lowest BCUT2D eigenvalue weighted by molar-refractivity contribution is -0.127. The molecule has 1 aliphatic rings. The lowest BCUT2D eigenvalue weighted by Gasteiger charge is -2.22. The molecular weight excluding hydrogens is 176 g/mol. The first-order valence-electron chi connectivity index (χ1n) is 4.97. The summed E-state index contributed by atoms with van der Waals surface area (Å²) in [6.07, 6.45) is 2.55. The van der Waals surface area contributed by atoms with Crippen molar-refractivity contribution < 1.29 is 4.79 Å². The second-order valence-corrected chi connectivity index (χ2v) is 4.91. The maximum atomic E-state index is 11.7. The zero-order valence-electron chi connectivity index (χ0n) is 9.08. The van der Waals surface area contributed by atoms with Crippen molar-refractivity contribution in [3.8, 4) is 6.07 Å². The number of hydrogen-bond acceptors (Lipinski definition) is 2. The van der Waals surface area contributed by atoms with E-state index in [1.807, 2.05) is 20.8 Å². The average molecular weight is 193 g/mol. The lowest BCUT2D eigenvalue weighted by atomic mass is 9.92. The van der Waals surface area contributed by atoms with E-state index in [1.54, 1.807) is 11.3 Å². The van der Waals surface area contributed by atoms with Gasteiger partial charge in [-0.15, -0.1) is 0 Å². The number of rotatable bonds is 1. The first-order valence-corrected chi connectivity index (χ1v) is 4.97. The first kappa shape index (κ1) is 11.0. The van der Waals surface area contributed by atoms with Gasteiger partial charge in [-0.3, -0.25) is 4.79 Å². The molecule has 0 saturated carbocycles. The molecule has 0 spiro atoms. The number of likely N-dealkylation sites (tertiary alicyclic amines) is 1. The second-order valence-electron chi connectivity index (χ2n) is 4.91. The first-order chi connectivity index (χ1) is 6.42. The van der Waals surface area contributed by atoms with Crippen molar-refractivity contribution in [2.24, 2.45) is 11.3 Å². The number of carbonyl (C=O) groups excluding carboxylic acids is 1. The number of nitrogens with zero attached hydrogens (tertiary/aromatic N) is 2. The quantitative estimate of drug-likeness (QED) is 0.635. The number of nitriles is 1. The van der Waals surface area contributed by atoms with E-state index in [0.29, 0.717) is 6.54 Å². The molecule has 77 valence electrons. The van der Waals surface area contributed by atoms with Crippen LogP contribution in [0.1, 0.15) is 27.2 Å². The molecule has 1 heterocycles. The Morgan fingerprint density at radius 1 is 1.57 bits per heavy atom. The summed E-state index contributed by atoms with van der Waals surface area (Å²) in [6.45, 7) is 7.33. The fourth-order valence-corrected chi connectivity index (χ4v) is 1.53. The van der Waals surface area contributed by atoms with Crippen molar-refractivity contribution in [3.05, 3.63) is 6.42 Å². The highest BCUT2D eigenvalue weighted by atomic mass is 16.2. The number of hydrogen-bond donors (Lipinski definition) is 0. The van der Waals surface area contributed by atoms with Crippen LogP contribution >= 0.6 is 0 Å². The average Bonchev–Trinajstić information content (AvgIpc) is 2.48. The van der Waals surface area contributed by atoms with E-state index in [0.717, 1.165) is 13.0 Å². The Labute approximate surface area is 85.7 Å². The van der Waals surface area contributed by atoms with Crippen LogP contribution in [0.5, 0.6) is 0 Å². The molecule has 1 fully saturated rings. The predicted molar refractivity (Wildman–Crippen MR) is 54.1 cm³/mol. The van der Waals surface area contributed by atoms with E-state index < -0.39 is 0 Å². The predicted octanol–water partition coefficient (Wildman–Crippen LogP) is 1.61. The largest absolute Gasteiger partial charge is 0.341 e. The van der Waals surface area contributed by atoms with Crippen molar-refractivity contribution in [1.82, 2.24) is 4.90 Å². The molecule has 1 amide bonds. The summed E-state index contributed by atoms with van der Waals surface area (Å²) in [5.74, 6) is 0.0996. The highest BCUT2D eigenvalue weighted by Gasteiger charge is 2.28. The van der Waals surface area contributed by atoms with Gasteiger partial charge in [0, 0.05) is 13.1 Å². The van der Waals surface area contributed by atoms with E-state index in [-0.39, 0.29) is 17.2 Å². The normalized spacial score (nSPS) is 22.1. The van der Waals surface area contributed by atoms with Gasteiger partial charge in [0.2, 0.25) is 5.91 Å². The Morgan fingerprint density at radius 2 is 2.21 bits per heavy atom. The van der Waals surface area contributed by atoms with Gasteiger partial charge in [-0.05, 0) is 11.8 Å². The van der Waals surface area contributed by atoms with Crippen LogP contribution in [0, 0.1) is 29.1 Å². The zero-order chi connectivity index (χ0) is 10.8. The third kappa shape index (κ3) is 3.02. The Kier molecular flexibility index (Phi) is 3.15. The van der Waals surface area contributed by atoms with Crippen molar-refractivity contribution in [1.29, 1.82) is 5.26 Å². The van der Waals surface area contributed by atoms with Crippen molar-refractivity contribution >= 4 is 5.91 Å². The summed E-state index contributed by atoms with van der Waals surface area (Å²) in [6, 6.07) is 2.20. The zero-order valence-corrected chi connectivity index (χ0v) is 9.08. The van der Waals surface area contributed by atoms with Gasteiger partial charge in [0.1, 0.15) is 0 Å². The minimum atomic E-state index is -0.0815. The molecule has 0 aromatic rings. The van der Waals surface area contributed by atoms with Gasteiger partial charge < -0.3 is 4.90 Å². The highest BCUT2D eigenvalue weighted by Crippen LogP contribution is 2.22.